The zero-order valence-corrected chi connectivity index (χ0v) is 20.3. The summed E-state index contributed by atoms with van der Waals surface area (Å²) in [7, 11) is 0. The summed E-state index contributed by atoms with van der Waals surface area (Å²) in [4.78, 5) is 40.5. The van der Waals surface area contributed by atoms with Gasteiger partial charge in [0, 0.05) is 37.8 Å². The monoisotopic (exact) mass is 491 g/mol. The zero-order valence-electron chi connectivity index (χ0n) is 20.3. The number of carbonyl (C=O) groups excluding carboxylic acids is 2. The molecule has 36 heavy (non-hydrogen) atoms. The lowest BCUT2D eigenvalue weighted by atomic mass is 10.00. The van der Waals surface area contributed by atoms with Crippen LogP contribution in [0.2, 0.25) is 0 Å². The van der Waals surface area contributed by atoms with Gasteiger partial charge in [-0.2, -0.15) is 0 Å². The van der Waals surface area contributed by atoms with Gasteiger partial charge in [0.25, 0.3) is 5.91 Å². The number of benzene rings is 2. The molecular formula is C27H33N5O4. The lowest BCUT2D eigenvalue weighted by Crippen LogP contribution is -2.37. The second-order valence-electron chi connectivity index (χ2n) is 9.57. The molecule has 2 heterocycles. The number of nitrogens with two attached hydrogens (primary N) is 1. The molecule has 2 aliphatic heterocycles. The largest absolute Gasteiger partial charge is 0.481 e. The van der Waals surface area contributed by atoms with Crippen molar-refractivity contribution >= 4 is 23.7 Å². The summed E-state index contributed by atoms with van der Waals surface area (Å²) in [6, 6.07) is 15.5. The normalized spacial score (nSPS) is 18.8. The molecular weight excluding hydrogens is 458 g/mol. The fourth-order valence-electron chi connectivity index (χ4n) is 5.18. The number of likely N-dealkylation sites (tertiary alicyclic amines) is 1. The maximum absolute atomic E-state index is 12.9. The standard InChI is InChI=1S/C27H33N5O4/c28-27(29)31-16-20-9-8-19(13-22(20)17-31)25(35)30-11-10-23-14-21(15-24(33)34)26(36)32(23)12-4-7-18-5-2-1-3-6-18/h1-3,5-6,8-9,13,21,23H,4,7,10-12,14-17H2,(H3,28,29)(H,30,35)(H,33,34)/t21-,23+/m0/s1. The third-order valence-electron chi connectivity index (χ3n) is 7.05. The third kappa shape index (κ3) is 6.02. The van der Waals surface area contributed by atoms with Crippen LogP contribution in [0.15, 0.2) is 48.5 Å². The molecule has 0 aromatic heterocycles. The molecule has 1 saturated heterocycles. The molecule has 2 aliphatic rings. The van der Waals surface area contributed by atoms with Crippen LogP contribution in [0.4, 0.5) is 0 Å². The first-order valence-corrected chi connectivity index (χ1v) is 12.4. The zero-order chi connectivity index (χ0) is 25.7. The van der Waals surface area contributed by atoms with Crippen LogP contribution >= 0.6 is 0 Å². The van der Waals surface area contributed by atoms with Crippen molar-refractivity contribution in [2.45, 2.75) is 51.2 Å². The van der Waals surface area contributed by atoms with E-state index in [0.717, 1.165) is 24.0 Å². The lowest BCUT2D eigenvalue weighted by molar-refractivity contribution is -0.142. The van der Waals surface area contributed by atoms with Crippen LogP contribution < -0.4 is 11.1 Å². The molecule has 2 atom stereocenters. The Bertz CT molecular complexity index is 1140. The van der Waals surface area contributed by atoms with Crippen molar-refractivity contribution in [3.8, 4) is 0 Å². The molecule has 190 valence electrons. The van der Waals surface area contributed by atoms with Gasteiger partial charge >= 0.3 is 5.97 Å². The fourth-order valence-corrected chi connectivity index (χ4v) is 5.18. The molecule has 2 amide bonds. The van der Waals surface area contributed by atoms with Gasteiger partial charge in [0.15, 0.2) is 5.96 Å². The van der Waals surface area contributed by atoms with Crippen LogP contribution in [0.5, 0.6) is 0 Å². The number of carboxylic acids is 1. The van der Waals surface area contributed by atoms with Crippen LogP contribution in [0.3, 0.4) is 0 Å². The summed E-state index contributed by atoms with van der Waals surface area (Å²) in [5.41, 5.74) is 9.38. The number of aryl methyl sites for hydroxylation is 1. The van der Waals surface area contributed by atoms with E-state index in [1.54, 1.807) is 11.0 Å². The van der Waals surface area contributed by atoms with Crippen molar-refractivity contribution < 1.29 is 19.5 Å². The van der Waals surface area contributed by atoms with Gasteiger partial charge in [0.2, 0.25) is 5.91 Å². The molecule has 9 nitrogen and oxygen atoms in total. The first kappa shape index (κ1) is 25.2. The Morgan fingerprint density at radius 3 is 2.58 bits per heavy atom. The van der Waals surface area contributed by atoms with E-state index in [2.05, 4.69) is 17.4 Å². The van der Waals surface area contributed by atoms with Crippen LogP contribution in [0, 0.1) is 11.3 Å². The minimum absolute atomic E-state index is 0.0119. The number of hydrogen-bond acceptors (Lipinski definition) is 4. The minimum Gasteiger partial charge on any atom is -0.481 e. The predicted molar refractivity (Wildman–Crippen MR) is 135 cm³/mol. The quantitative estimate of drug-likeness (QED) is 0.297. The summed E-state index contributed by atoms with van der Waals surface area (Å²) < 4.78 is 0. The summed E-state index contributed by atoms with van der Waals surface area (Å²) >= 11 is 0. The molecule has 0 aliphatic carbocycles. The number of aliphatic carboxylic acids is 1. The Morgan fingerprint density at radius 2 is 1.86 bits per heavy atom. The molecule has 4 rings (SSSR count). The molecule has 0 bridgehead atoms. The number of nitrogens with zero attached hydrogens (tertiary/aromatic N) is 2. The van der Waals surface area contributed by atoms with Gasteiger partial charge in [-0.3, -0.25) is 19.8 Å². The number of carbonyl (C=O) groups is 3. The van der Waals surface area contributed by atoms with Crippen molar-refractivity contribution in [2.75, 3.05) is 13.1 Å². The van der Waals surface area contributed by atoms with Gasteiger partial charge in [-0.25, -0.2) is 0 Å². The predicted octanol–water partition coefficient (Wildman–Crippen LogP) is 2.34. The Morgan fingerprint density at radius 1 is 1.11 bits per heavy atom. The highest BCUT2D eigenvalue weighted by Crippen LogP contribution is 2.30. The van der Waals surface area contributed by atoms with E-state index in [1.165, 1.54) is 5.56 Å². The number of nitrogens with one attached hydrogen (secondary N) is 2. The minimum atomic E-state index is -0.966. The number of hydrogen-bond donors (Lipinski definition) is 4. The van der Waals surface area contributed by atoms with Gasteiger partial charge in [-0.15, -0.1) is 0 Å². The van der Waals surface area contributed by atoms with Crippen molar-refractivity contribution in [3.63, 3.8) is 0 Å². The maximum Gasteiger partial charge on any atom is 0.304 e. The number of carboxylic acid groups (broad SMARTS) is 1. The van der Waals surface area contributed by atoms with Gasteiger partial charge in [-0.05, 0) is 54.5 Å². The highest BCUT2D eigenvalue weighted by molar-refractivity contribution is 5.94. The first-order valence-electron chi connectivity index (χ1n) is 12.4. The van der Waals surface area contributed by atoms with E-state index in [1.807, 2.05) is 35.2 Å². The average molecular weight is 492 g/mol. The number of fused-ring (bicyclic) bond motifs is 1. The van der Waals surface area contributed by atoms with Gasteiger partial charge in [0.1, 0.15) is 0 Å². The van der Waals surface area contributed by atoms with E-state index in [4.69, 9.17) is 11.1 Å². The molecule has 2 aromatic carbocycles. The first-order chi connectivity index (χ1) is 17.3. The molecule has 0 unspecified atom stereocenters. The van der Waals surface area contributed by atoms with E-state index >= 15 is 0 Å². The number of amides is 2. The number of guanidine groups is 1. The molecule has 1 fully saturated rings. The summed E-state index contributed by atoms with van der Waals surface area (Å²) in [5.74, 6) is -1.76. The van der Waals surface area contributed by atoms with E-state index in [0.29, 0.717) is 44.6 Å². The lowest BCUT2D eigenvalue weighted by Gasteiger charge is -2.25. The molecule has 2 aromatic rings. The highest BCUT2D eigenvalue weighted by Gasteiger charge is 2.39. The van der Waals surface area contributed by atoms with E-state index in [9.17, 15) is 19.5 Å². The van der Waals surface area contributed by atoms with Crippen molar-refractivity contribution in [2.24, 2.45) is 11.7 Å². The van der Waals surface area contributed by atoms with Crippen LogP contribution in [-0.4, -0.2) is 57.8 Å². The van der Waals surface area contributed by atoms with Crippen LogP contribution in [0.25, 0.3) is 0 Å². The summed E-state index contributed by atoms with van der Waals surface area (Å²) in [6.45, 7) is 2.04. The SMILES string of the molecule is N=C(N)N1Cc2ccc(C(=O)NCC[C@@H]3C[C@@H](CC(=O)O)C(=O)N3CCCc3ccccc3)cc2C1. The third-order valence-corrected chi connectivity index (χ3v) is 7.05. The Kier molecular flexibility index (Phi) is 7.87. The van der Waals surface area contributed by atoms with Crippen molar-refractivity contribution in [1.82, 2.24) is 15.1 Å². The maximum atomic E-state index is 12.9. The highest BCUT2D eigenvalue weighted by atomic mass is 16.4. The Hall–Kier alpha value is -3.88. The van der Waals surface area contributed by atoms with E-state index in [-0.39, 0.29) is 30.2 Å². The van der Waals surface area contributed by atoms with Crippen molar-refractivity contribution in [3.05, 3.63) is 70.8 Å². The second kappa shape index (κ2) is 11.2. The molecule has 5 N–H and O–H groups in total. The van der Waals surface area contributed by atoms with Crippen molar-refractivity contribution in [1.29, 1.82) is 5.41 Å². The summed E-state index contributed by atoms with van der Waals surface area (Å²) in [5, 5.41) is 19.8. The van der Waals surface area contributed by atoms with Gasteiger partial charge < -0.3 is 26.0 Å². The second-order valence-corrected chi connectivity index (χ2v) is 9.57. The fraction of sp³-hybridized carbons (Fsp3) is 0.407. The summed E-state index contributed by atoms with van der Waals surface area (Å²) in [6.07, 6.45) is 2.54. The average Bonchev–Trinajstić information content (AvgIpc) is 3.41. The molecule has 0 spiro atoms. The smallest absolute Gasteiger partial charge is 0.304 e. The Labute approximate surface area is 210 Å². The van der Waals surface area contributed by atoms with Gasteiger partial charge in [-0.1, -0.05) is 36.4 Å². The molecule has 0 radical (unpaired) electrons. The Balaban J connectivity index is 1.32. The molecule has 0 saturated carbocycles. The van der Waals surface area contributed by atoms with E-state index < -0.39 is 11.9 Å². The van der Waals surface area contributed by atoms with Gasteiger partial charge in [0.05, 0.1) is 12.3 Å². The topological polar surface area (TPSA) is 140 Å². The molecule has 9 heteroatoms. The van der Waals surface area contributed by atoms with Crippen LogP contribution in [-0.2, 0) is 29.1 Å². The van der Waals surface area contributed by atoms with Crippen LogP contribution in [0.1, 0.15) is 52.7 Å². The number of rotatable bonds is 10.